The van der Waals surface area contributed by atoms with Crippen molar-refractivity contribution in [1.82, 2.24) is 19.4 Å². The summed E-state index contributed by atoms with van der Waals surface area (Å²) in [6.07, 6.45) is 9.07. The first-order valence-electron chi connectivity index (χ1n) is 9.65. The summed E-state index contributed by atoms with van der Waals surface area (Å²) in [4.78, 5) is 27.4. The van der Waals surface area contributed by atoms with Crippen LogP contribution in [0.3, 0.4) is 0 Å². The van der Waals surface area contributed by atoms with E-state index in [1.807, 2.05) is 28.9 Å². The van der Waals surface area contributed by atoms with Crippen LogP contribution in [0.2, 0.25) is 0 Å². The van der Waals surface area contributed by atoms with Gasteiger partial charge in [-0.2, -0.15) is 0 Å². The van der Waals surface area contributed by atoms with Crippen LogP contribution in [0.15, 0.2) is 48.9 Å². The molecule has 0 radical (unpaired) electrons. The first-order chi connectivity index (χ1) is 14.7. The van der Waals surface area contributed by atoms with Gasteiger partial charge in [-0.3, -0.25) is 0 Å². The Morgan fingerprint density at radius 1 is 1.10 bits per heavy atom. The Balaban J connectivity index is 0.00000231. The fourth-order valence-corrected chi connectivity index (χ4v) is 3.62. The van der Waals surface area contributed by atoms with Crippen molar-refractivity contribution in [2.45, 2.75) is 0 Å². The van der Waals surface area contributed by atoms with Gasteiger partial charge >= 0.3 is 29.6 Å². The molecule has 5 rings (SSSR count). The number of fused-ring (bicyclic) bond motifs is 2. The van der Waals surface area contributed by atoms with Crippen molar-refractivity contribution in [2.75, 3.05) is 31.2 Å². The maximum absolute atomic E-state index is 11.5. The fourth-order valence-electron chi connectivity index (χ4n) is 3.62. The Bertz CT molecular complexity index is 1280. The number of anilines is 1. The summed E-state index contributed by atoms with van der Waals surface area (Å²) in [6.45, 7) is 2.89. The van der Waals surface area contributed by atoms with Crippen molar-refractivity contribution >= 4 is 40.5 Å². The van der Waals surface area contributed by atoms with E-state index in [0.29, 0.717) is 29.8 Å². The number of pyridine rings is 1. The minimum atomic E-state index is -1.22. The monoisotopic (exact) mass is 423 g/mol. The summed E-state index contributed by atoms with van der Waals surface area (Å²) in [7, 11) is 0. The first-order valence-corrected chi connectivity index (χ1v) is 9.65. The molecule has 1 fully saturated rings. The standard InChI is InChI=1S/C22H19N5O3.Na/c28-22(29)18-13-15(24-19-4-2-1-3-17(18)19)5-6-16-14-27-8-7-23-20(21(27)25-16)26-9-11-30-12-10-26;/h1-8,13-14H,9-12H2,(H,28,29);/q;+1/p-1/b6-5+;. The zero-order valence-electron chi connectivity index (χ0n) is 17.1. The van der Waals surface area contributed by atoms with E-state index in [2.05, 4.69) is 14.9 Å². The summed E-state index contributed by atoms with van der Waals surface area (Å²) in [6, 6.07) is 8.63. The Kier molecular flexibility index (Phi) is 6.33. The summed E-state index contributed by atoms with van der Waals surface area (Å²) >= 11 is 0. The number of carboxylic acid groups (broad SMARTS) is 1. The molecular weight excluding hydrogens is 405 g/mol. The second-order valence-electron chi connectivity index (χ2n) is 6.98. The second-order valence-corrected chi connectivity index (χ2v) is 6.98. The number of rotatable bonds is 4. The molecule has 0 spiro atoms. The van der Waals surface area contributed by atoms with Gasteiger partial charge in [-0.25, -0.2) is 15.0 Å². The molecule has 0 unspecified atom stereocenters. The molecule has 0 amide bonds. The zero-order chi connectivity index (χ0) is 20.5. The van der Waals surface area contributed by atoms with Gasteiger partial charge < -0.3 is 23.9 Å². The van der Waals surface area contributed by atoms with Crippen LogP contribution >= 0.6 is 0 Å². The number of carboxylic acids is 1. The number of aromatic carboxylic acids is 1. The molecule has 0 atom stereocenters. The molecule has 4 aromatic rings. The predicted octanol–water partition coefficient (Wildman–Crippen LogP) is -1.35. The molecule has 31 heavy (non-hydrogen) atoms. The van der Waals surface area contributed by atoms with Crippen LogP contribution in [0.25, 0.3) is 28.7 Å². The number of morpholine rings is 1. The van der Waals surface area contributed by atoms with Crippen molar-refractivity contribution in [3.05, 3.63) is 65.9 Å². The maximum atomic E-state index is 11.5. The summed E-state index contributed by atoms with van der Waals surface area (Å²) < 4.78 is 7.35. The van der Waals surface area contributed by atoms with Crippen molar-refractivity contribution in [2.24, 2.45) is 0 Å². The minimum Gasteiger partial charge on any atom is -0.545 e. The van der Waals surface area contributed by atoms with Gasteiger partial charge in [0.15, 0.2) is 11.5 Å². The third-order valence-corrected chi connectivity index (χ3v) is 5.07. The van der Waals surface area contributed by atoms with Gasteiger partial charge in [0.1, 0.15) is 0 Å². The largest absolute Gasteiger partial charge is 1.00 e. The molecule has 8 nitrogen and oxygen atoms in total. The number of nitrogens with zero attached hydrogens (tertiary/aromatic N) is 5. The van der Waals surface area contributed by atoms with E-state index in [1.54, 1.807) is 30.5 Å². The zero-order valence-corrected chi connectivity index (χ0v) is 19.1. The van der Waals surface area contributed by atoms with Gasteiger partial charge in [-0.15, -0.1) is 0 Å². The van der Waals surface area contributed by atoms with Crippen LogP contribution in [-0.2, 0) is 4.74 Å². The average molecular weight is 423 g/mol. The van der Waals surface area contributed by atoms with E-state index < -0.39 is 5.97 Å². The molecule has 9 heteroatoms. The van der Waals surface area contributed by atoms with E-state index >= 15 is 0 Å². The molecule has 3 aromatic heterocycles. The van der Waals surface area contributed by atoms with E-state index in [1.165, 1.54) is 6.07 Å². The minimum absolute atomic E-state index is 0. The number of carbonyl (C=O) groups excluding carboxylic acids is 1. The van der Waals surface area contributed by atoms with Crippen LogP contribution < -0.4 is 39.6 Å². The van der Waals surface area contributed by atoms with E-state index in [0.717, 1.165) is 30.2 Å². The molecule has 0 saturated carbocycles. The van der Waals surface area contributed by atoms with Crippen LogP contribution in [0.1, 0.15) is 21.7 Å². The maximum Gasteiger partial charge on any atom is 1.00 e. The van der Waals surface area contributed by atoms with Crippen molar-refractivity contribution in [3.8, 4) is 0 Å². The summed E-state index contributed by atoms with van der Waals surface area (Å²) in [5, 5.41) is 12.1. The third kappa shape index (κ3) is 4.33. The number of para-hydroxylation sites is 1. The molecule has 1 saturated heterocycles. The molecule has 1 aliphatic rings. The number of carbonyl (C=O) groups is 1. The third-order valence-electron chi connectivity index (χ3n) is 5.07. The smallest absolute Gasteiger partial charge is 0.545 e. The molecular formula is C22H18N5NaO3. The predicted molar refractivity (Wildman–Crippen MR) is 111 cm³/mol. The van der Waals surface area contributed by atoms with E-state index in [-0.39, 0.29) is 35.1 Å². The van der Waals surface area contributed by atoms with Gasteiger partial charge in [-0.05, 0) is 24.3 Å². The Morgan fingerprint density at radius 2 is 1.87 bits per heavy atom. The average Bonchev–Trinajstić information content (AvgIpc) is 3.21. The first kappa shape index (κ1) is 21.5. The number of hydrogen-bond donors (Lipinski definition) is 0. The molecule has 0 N–H and O–H groups in total. The summed E-state index contributed by atoms with van der Waals surface area (Å²) in [5.41, 5.74) is 2.74. The molecule has 1 aliphatic heterocycles. The molecule has 1 aromatic carbocycles. The van der Waals surface area contributed by atoms with Gasteiger partial charge in [0.2, 0.25) is 0 Å². The number of aromatic nitrogens is 4. The van der Waals surface area contributed by atoms with Gasteiger partial charge in [0, 0.05) is 42.6 Å². The molecule has 150 valence electrons. The van der Waals surface area contributed by atoms with Gasteiger partial charge in [0.25, 0.3) is 0 Å². The van der Waals surface area contributed by atoms with Gasteiger partial charge in [0.05, 0.1) is 36.1 Å². The Labute approximate surface area is 200 Å². The van der Waals surface area contributed by atoms with Crippen molar-refractivity contribution in [1.29, 1.82) is 0 Å². The van der Waals surface area contributed by atoms with Crippen LogP contribution in [0, 0.1) is 0 Å². The normalized spacial score (nSPS) is 14.3. The number of ether oxygens (including phenoxy) is 1. The van der Waals surface area contributed by atoms with E-state index in [9.17, 15) is 9.90 Å². The Hall–Kier alpha value is -2.78. The SMILES string of the molecule is O=C([O-])c1cc(/C=C/c2cn3ccnc(N4CCOCC4)c3n2)nc2ccccc12.[Na+]. The molecule has 0 bridgehead atoms. The van der Waals surface area contributed by atoms with Gasteiger partial charge in [-0.1, -0.05) is 18.2 Å². The Morgan fingerprint density at radius 3 is 2.68 bits per heavy atom. The van der Waals surface area contributed by atoms with Crippen LogP contribution in [-0.4, -0.2) is 51.6 Å². The number of benzene rings is 1. The van der Waals surface area contributed by atoms with Crippen molar-refractivity contribution in [3.63, 3.8) is 0 Å². The topological polar surface area (TPSA) is 95.7 Å². The quantitative estimate of drug-likeness (QED) is 0.375. The van der Waals surface area contributed by atoms with Crippen LogP contribution in [0.5, 0.6) is 0 Å². The van der Waals surface area contributed by atoms with Crippen LogP contribution in [0.4, 0.5) is 5.82 Å². The molecule has 4 heterocycles. The number of imidazole rings is 1. The fraction of sp³-hybridized carbons (Fsp3) is 0.182. The van der Waals surface area contributed by atoms with E-state index in [4.69, 9.17) is 9.72 Å². The van der Waals surface area contributed by atoms with Crippen molar-refractivity contribution < 1.29 is 44.2 Å². The second kappa shape index (κ2) is 9.15. The number of hydrogen-bond acceptors (Lipinski definition) is 7. The summed E-state index contributed by atoms with van der Waals surface area (Å²) in [5.74, 6) is -0.402. The molecule has 0 aliphatic carbocycles.